The van der Waals surface area contributed by atoms with E-state index in [4.69, 9.17) is 10.8 Å². The number of nitrogens with zero attached hydrogens (tertiary/aromatic N) is 2. The summed E-state index contributed by atoms with van der Waals surface area (Å²) in [4.78, 5) is 7.18. The van der Waals surface area contributed by atoms with Gasteiger partial charge >= 0.3 is 0 Å². The van der Waals surface area contributed by atoms with E-state index in [2.05, 4.69) is 24.2 Å². The summed E-state index contributed by atoms with van der Waals surface area (Å²) in [6.45, 7) is 6.80. The Hall–Kier alpha value is -0.770. The van der Waals surface area contributed by atoms with Gasteiger partial charge in [-0.3, -0.25) is 5.43 Å². The molecule has 0 aromatic rings. The lowest BCUT2D eigenvalue weighted by Crippen LogP contribution is -2.51. The zero-order valence-corrected chi connectivity index (χ0v) is 11.9. The van der Waals surface area contributed by atoms with E-state index in [1.54, 1.807) is 0 Å². The van der Waals surface area contributed by atoms with Crippen LogP contribution in [0.15, 0.2) is 4.99 Å². The fraction of sp³-hybridized carbons (Fsp3) is 0.929. The largest absolute Gasteiger partial charge is 0.341 e. The SMILES string of the molecule is CC1(C)CCCN(C(=NC2CCCCC2)NN)C1. The van der Waals surface area contributed by atoms with Crippen LogP contribution >= 0.6 is 0 Å². The number of rotatable bonds is 1. The van der Waals surface area contributed by atoms with Crippen LogP contribution in [-0.2, 0) is 0 Å². The van der Waals surface area contributed by atoms with Crippen molar-refractivity contribution < 1.29 is 0 Å². The van der Waals surface area contributed by atoms with Crippen molar-refractivity contribution in [3.63, 3.8) is 0 Å². The number of nitrogens with two attached hydrogens (primary N) is 1. The number of piperidine rings is 1. The summed E-state index contributed by atoms with van der Waals surface area (Å²) in [6, 6.07) is 0.481. The molecule has 1 saturated heterocycles. The number of guanidine groups is 1. The highest BCUT2D eigenvalue weighted by molar-refractivity contribution is 5.79. The molecule has 0 aromatic carbocycles. The molecule has 18 heavy (non-hydrogen) atoms. The summed E-state index contributed by atoms with van der Waals surface area (Å²) in [7, 11) is 0. The van der Waals surface area contributed by atoms with Crippen LogP contribution in [0.3, 0.4) is 0 Å². The van der Waals surface area contributed by atoms with Crippen molar-refractivity contribution in [2.24, 2.45) is 16.3 Å². The van der Waals surface area contributed by atoms with Crippen LogP contribution in [0, 0.1) is 5.41 Å². The van der Waals surface area contributed by atoms with Gasteiger partial charge in [-0.1, -0.05) is 33.1 Å². The van der Waals surface area contributed by atoms with Crippen LogP contribution in [0.1, 0.15) is 58.8 Å². The molecule has 0 aromatic heterocycles. The van der Waals surface area contributed by atoms with Gasteiger partial charge in [0.05, 0.1) is 6.04 Å². The van der Waals surface area contributed by atoms with E-state index in [0.717, 1.165) is 19.0 Å². The Morgan fingerprint density at radius 2 is 1.94 bits per heavy atom. The van der Waals surface area contributed by atoms with Gasteiger partial charge in [0.25, 0.3) is 0 Å². The van der Waals surface area contributed by atoms with E-state index in [0.29, 0.717) is 11.5 Å². The van der Waals surface area contributed by atoms with Crippen LogP contribution in [0.25, 0.3) is 0 Å². The van der Waals surface area contributed by atoms with E-state index < -0.39 is 0 Å². The maximum Gasteiger partial charge on any atom is 0.208 e. The first-order chi connectivity index (χ1) is 8.61. The topological polar surface area (TPSA) is 53.6 Å². The molecular weight excluding hydrogens is 224 g/mol. The fourth-order valence-corrected chi connectivity index (χ4v) is 3.20. The predicted octanol–water partition coefficient (Wildman–Crippen LogP) is 2.26. The molecule has 0 amide bonds. The molecule has 0 atom stereocenters. The number of likely N-dealkylation sites (tertiary alicyclic amines) is 1. The molecule has 0 bridgehead atoms. The van der Waals surface area contributed by atoms with Crippen molar-refractivity contribution in [3.8, 4) is 0 Å². The minimum atomic E-state index is 0.377. The summed E-state index contributed by atoms with van der Waals surface area (Å²) >= 11 is 0. The molecule has 2 rings (SSSR count). The van der Waals surface area contributed by atoms with Gasteiger partial charge in [-0.25, -0.2) is 10.8 Å². The molecule has 2 aliphatic rings. The highest BCUT2D eigenvalue weighted by Crippen LogP contribution is 2.28. The minimum absolute atomic E-state index is 0.377. The Balaban J connectivity index is 2.00. The molecule has 4 heteroatoms. The van der Waals surface area contributed by atoms with Crippen molar-refractivity contribution in [2.75, 3.05) is 13.1 Å². The molecule has 3 N–H and O–H groups in total. The first-order valence-corrected chi connectivity index (χ1v) is 7.40. The quantitative estimate of drug-likeness (QED) is 0.326. The van der Waals surface area contributed by atoms with E-state index in [1.807, 2.05) is 0 Å². The average molecular weight is 252 g/mol. The first kappa shape index (κ1) is 13.7. The van der Waals surface area contributed by atoms with E-state index in [-0.39, 0.29) is 0 Å². The minimum Gasteiger partial charge on any atom is -0.341 e. The second-order valence-electron chi connectivity index (χ2n) is 6.58. The second-order valence-corrected chi connectivity index (χ2v) is 6.58. The van der Waals surface area contributed by atoms with Gasteiger partial charge < -0.3 is 4.90 Å². The summed E-state index contributed by atoms with van der Waals surface area (Å²) in [5.74, 6) is 6.60. The molecule has 2 fully saturated rings. The monoisotopic (exact) mass is 252 g/mol. The molecule has 1 aliphatic heterocycles. The van der Waals surface area contributed by atoms with Gasteiger partial charge in [0.15, 0.2) is 0 Å². The Morgan fingerprint density at radius 1 is 1.22 bits per heavy atom. The van der Waals surface area contributed by atoms with Gasteiger partial charge in [0.2, 0.25) is 5.96 Å². The third-order valence-corrected chi connectivity index (χ3v) is 4.21. The summed E-state index contributed by atoms with van der Waals surface area (Å²) in [6.07, 6.45) is 8.98. The van der Waals surface area contributed by atoms with Gasteiger partial charge in [-0.05, 0) is 31.1 Å². The Morgan fingerprint density at radius 3 is 2.56 bits per heavy atom. The van der Waals surface area contributed by atoms with Gasteiger partial charge in [-0.15, -0.1) is 0 Å². The Labute approximate surface area is 111 Å². The maximum atomic E-state index is 5.69. The van der Waals surface area contributed by atoms with E-state index in [9.17, 15) is 0 Å². The molecule has 1 heterocycles. The van der Waals surface area contributed by atoms with E-state index >= 15 is 0 Å². The predicted molar refractivity (Wildman–Crippen MR) is 76.2 cm³/mol. The van der Waals surface area contributed by atoms with Gasteiger partial charge in [0, 0.05) is 13.1 Å². The van der Waals surface area contributed by atoms with Crippen molar-refractivity contribution in [1.82, 2.24) is 10.3 Å². The van der Waals surface area contributed by atoms with Crippen molar-refractivity contribution in [1.29, 1.82) is 0 Å². The van der Waals surface area contributed by atoms with Gasteiger partial charge in [0.1, 0.15) is 0 Å². The zero-order chi connectivity index (χ0) is 13.0. The molecule has 0 unspecified atom stereocenters. The third-order valence-electron chi connectivity index (χ3n) is 4.21. The molecule has 1 saturated carbocycles. The van der Waals surface area contributed by atoms with Crippen LogP contribution < -0.4 is 11.3 Å². The number of hydrogen-bond acceptors (Lipinski definition) is 2. The van der Waals surface area contributed by atoms with Crippen LogP contribution in [0.4, 0.5) is 0 Å². The number of aliphatic imine (C=N–C) groups is 1. The lowest BCUT2D eigenvalue weighted by Gasteiger charge is -2.39. The van der Waals surface area contributed by atoms with E-state index in [1.165, 1.54) is 44.9 Å². The number of nitrogens with one attached hydrogen (secondary N) is 1. The van der Waals surface area contributed by atoms with Crippen molar-refractivity contribution >= 4 is 5.96 Å². The molecule has 0 radical (unpaired) electrons. The molecular formula is C14H28N4. The highest BCUT2D eigenvalue weighted by Gasteiger charge is 2.28. The number of hydrazine groups is 1. The summed E-state index contributed by atoms with van der Waals surface area (Å²) in [5.41, 5.74) is 3.21. The maximum absolute atomic E-state index is 5.69. The smallest absolute Gasteiger partial charge is 0.208 e. The summed E-state index contributed by atoms with van der Waals surface area (Å²) in [5, 5.41) is 0. The standard InChI is InChI=1S/C14H28N4/c1-14(2)9-6-10-18(11-14)13(17-15)16-12-7-4-3-5-8-12/h12H,3-11,15H2,1-2H3,(H,16,17). The Kier molecular flexibility index (Phi) is 4.49. The zero-order valence-electron chi connectivity index (χ0n) is 11.9. The van der Waals surface area contributed by atoms with Crippen LogP contribution in [-0.4, -0.2) is 30.0 Å². The highest BCUT2D eigenvalue weighted by atomic mass is 15.4. The molecule has 4 nitrogen and oxygen atoms in total. The van der Waals surface area contributed by atoms with Gasteiger partial charge in [-0.2, -0.15) is 0 Å². The lowest BCUT2D eigenvalue weighted by atomic mass is 9.84. The first-order valence-electron chi connectivity index (χ1n) is 7.40. The summed E-state index contributed by atoms with van der Waals surface area (Å²) < 4.78 is 0. The van der Waals surface area contributed by atoms with Crippen molar-refractivity contribution in [3.05, 3.63) is 0 Å². The van der Waals surface area contributed by atoms with Crippen LogP contribution in [0.2, 0.25) is 0 Å². The normalized spacial score (nSPS) is 26.2. The second kappa shape index (κ2) is 5.91. The van der Waals surface area contributed by atoms with Crippen molar-refractivity contribution in [2.45, 2.75) is 64.8 Å². The average Bonchev–Trinajstić information content (AvgIpc) is 2.36. The fourth-order valence-electron chi connectivity index (χ4n) is 3.20. The molecule has 1 aliphatic carbocycles. The number of hydrogen-bond donors (Lipinski definition) is 2. The lowest BCUT2D eigenvalue weighted by molar-refractivity contribution is 0.174. The molecule has 104 valence electrons. The third kappa shape index (κ3) is 3.61. The molecule has 0 spiro atoms. The Bertz CT molecular complexity index is 292. The van der Waals surface area contributed by atoms with Crippen LogP contribution in [0.5, 0.6) is 0 Å².